The lowest BCUT2D eigenvalue weighted by Gasteiger charge is -2.38. The molecular formula is C36H42O10. The molecule has 10 nitrogen and oxygen atoms in total. The molecule has 46 heavy (non-hydrogen) atoms. The maximum Gasteiger partial charge on any atom is 0.173 e. The largest absolute Gasteiger partial charge is 0.496 e. The fourth-order valence-corrected chi connectivity index (χ4v) is 7.07. The van der Waals surface area contributed by atoms with E-state index in [9.17, 15) is 9.59 Å². The van der Waals surface area contributed by atoms with Gasteiger partial charge in [0, 0.05) is 12.8 Å². The van der Waals surface area contributed by atoms with E-state index in [1.165, 1.54) is 0 Å². The number of rotatable bonds is 11. The van der Waals surface area contributed by atoms with Crippen molar-refractivity contribution in [2.45, 2.75) is 62.9 Å². The Labute approximate surface area is 269 Å². The fraction of sp³-hybridized carbons (Fsp3) is 0.500. The van der Waals surface area contributed by atoms with Crippen LogP contribution in [0.5, 0.6) is 23.0 Å². The molecule has 10 heteroatoms. The van der Waals surface area contributed by atoms with Gasteiger partial charge >= 0.3 is 0 Å². The predicted molar refractivity (Wildman–Crippen MR) is 169 cm³/mol. The lowest BCUT2D eigenvalue weighted by atomic mass is 9.78. The molecule has 0 bridgehead atoms. The van der Waals surface area contributed by atoms with E-state index in [-0.39, 0.29) is 47.8 Å². The van der Waals surface area contributed by atoms with E-state index < -0.39 is 0 Å². The lowest BCUT2D eigenvalue weighted by Crippen LogP contribution is -2.42. The maximum atomic E-state index is 13.4. The molecule has 4 aliphatic rings. The van der Waals surface area contributed by atoms with E-state index in [4.69, 9.17) is 37.9 Å². The molecule has 0 spiro atoms. The fourth-order valence-electron chi connectivity index (χ4n) is 7.07. The summed E-state index contributed by atoms with van der Waals surface area (Å²) in [5.41, 5.74) is 2.62. The first-order chi connectivity index (χ1) is 22.4. The number of ether oxygens (including phenoxy) is 8. The zero-order valence-electron chi connectivity index (χ0n) is 26.8. The highest BCUT2D eigenvalue weighted by Crippen LogP contribution is 2.41. The van der Waals surface area contributed by atoms with Gasteiger partial charge in [-0.3, -0.25) is 9.59 Å². The second-order valence-corrected chi connectivity index (χ2v) is 12.1. The Balaban J connectivity index is 0.959. The molecule has 6 atom stereocenters. The van der Waals surface area contributed by atoms with Crippen molar-refractivity contribution in [1.29, 1.82) is 0 Å². The molecule has 2 aromatic rings. The van der Waals surface area contributed by atoms with Crippen molar-refractivity contribution in [2.24, 2.45) is 11.8 Å². The Bertz CT molecular complexity index is 1380. The van der Waals surface area contributed by atoms with E-state index in [0.29, 0.717) is 73.0 Å². The number of allylic oxidation sites excluding steroid dienone is 2. The summed E-state index contributed by atoms with van der Waals surface area (Å²) in [5.74, 6) is 2.15. The predicted octanol–water partition coefficient (Wildman–Crippen LogP) is 5.41. The van der Waals surface area contributed by atoms with Gasteiger partial charge < -0.3 is 37.9 Å². The van der Waals surface area contributed by atoms with Crippen molar-refractivity contribution in [3.63, 3.8) is 0 Å². The van der Waals surface area contributed by atoms with E-state index in [0.717, 1.165) is 24.0 Å². The zero-order valence-corrected chi connectivity index (χ0v) is 26.8. The van der Waals surface area contributed by atoms with Gasteiger partial charge in [0.2, 0.25) is 0 Å². The first-order valence-corrected chi connectivity index (χ1v) is 15.9. The summed E-state index contributed by atoms with van der Waals surface area (Å²) in [6.07, 6.45) is 7.05. The lowest BCUT2D eigenvalue weighted by molar-refractivity contribution is -0.132. The number of carbonyl (C=O) groups is 2. The van der Waals surface area contributed by atoms with Crippen LogP contribution in [0.4, 0.5) is 0 Å². The van der Waals surface area contributed by atoms with Crippen LogP contribution in [0.2, 0.25) is 0 Å². The first kappa shape index (κ1) is 31.9. The average molecular weight is 635 g/mol. The summed E-state index contributed by atoms with van der Waals surface area (Å²) in [4.78, 5) is 26.8. The number of ketones is 2. The third-order valence-corrected chi connectivity index (χ3v) is 9.59. The topological polar surface area (TPSA) is 108 Å². The molecule has 246 valence electrons. The van der Waals surface area contributed by atoms with Crippen LogP contribution in [-0.2, 0) is 28.5 Å². The van der Waals surface area contributed by atoms with E-state index >= 15 is 0 Å². The average Bonchev–Trinajstić information content (AvgIpc) is 3.09. The van der Waals surface area contributed by atoms with Gasteiger partial charge in [0.25, 0.3) is 0 Å². The number of methoxy groups -OCH3 is 4. The van der Waals surface area contributed by atoms with Crippen LogP contribution < -0.4 is 18.9 Å². The Hall–Kier alpha value is -4.02. The van der Waals surface area contributed by atoms with Gasteiger partial charge in [-0.25, -0.2) is 0 Å². The van der Waals surface area contributed by atoms with Crippen molar-refractivity contribution >= 4 is 22.7 Å². The van der Waals surface area contributed by atoms with Gasteiger partial charge in [-0.15, -0.1) is 0 Å². The van der Waals surface area contributed by atoms with Gasteiger partial charge in [0.15, 0.2) is 34.6 Å². The molecule has 0 saturated heterocycles. The Morgan fingerprint density at radius 3 is 1.39 bits per heavy atom. The minimum atomic E-state index is -0.204. The maximum absolute atomic E-state index is 13.4. The minimum absolute atomic E-state index is 0.00357. The number of fused-ring (bicyclic) bond motifs is 2. The van der Waals surface area contributed by atoms with Crippen molar-refractivity contribution in [3.05, 3.63) is 60.0 Å². The van der Waals surface area contributed by atoms with Crippen LogP contribution >= 0.6 is 0 Å². The Kier molecular flexibility index (Phi) is 9.84. The number of Topliss-reactive ketones (excluding diaryl/α,β-unsaturated/α-hetero) is 2. The number of benzene rings is 2. The number of hydrogen-bond donors (Lipinski definition) is 0. The smallest absolute Gasteiger partial charge is 0.173 e. The van der Waals surface area contributed by atoms with Crippen LogP contribution in [0.1, 0.15) is 49.7 Å². The molecule has 2 aliphatic carbocycles. The van der Waals surface area contributed by atoms with Gasteiger partial charge in [-0.1, -0.05) is 12.1 Å². The Morgan fingerprint density at radius 1 is 0.587 bits per heavy atom. The summed E-state index contributed by atoms with van der Waals surface area (Å²) in [6, 6.07) is 10.9. The molecule has 2 fully saturated rings. The molecule has 6 unspecified atom stereocenters. The minimum Gasteiger partial charge on any atom is -0.496 e. The zero-order chi connectivity index (χ0) is 32.2. The third-order valence-electron chi connectivity index (χ3n) is 9.59. The van der Waals surface area contributed by atoms with Crippen LogP contribution in [0.15, 0.2) is 48.9 Å². The summed E-state index contributed by atoms with van der Waals surface area (Å²) >= 11 is 0. The molecule has 0 radical (unpaired) electrons. The van der Waals surface area contributed by atoms with Crippen LogP contribution in [0.25, 0.3) is 11.1 Å². The summed E-state index contributed by atoms with van der Waals surface area (Å²) in [6.45, 7) is 0.910. The van der Waals surface area contributed by atoms with Gasteiger partial charge in [0.1, 0.15) is 12.2 Å². The van der Waals surface area contributed by atoms with Crippen LogP contribution in [-0.4, -0.2) is 77.6 Å². The summed E-state index contributed by atoms with van der Waals surface area (Å²) in [7, 11) is 6.31. The highest BCUT2D eigenvalue weighted by atomic mass is 16.5. The molecule has 2 aromatic carbocycles. The standard InChI is InChI=1S/C36H42O10/c1-39-29-11-5-21(15-33(29)41-3)27-19-45-31-17-23(7-9-25(31)35(27)37)43-13-14-44-24-8-10-26-32(18-24)46-20-28(36(26)38)22-6-12-30(40-2)34(16-22)42-4/h5-6,11-12,15-16,19-20,23-26,31-32H,7-10,13-14,17-18H2,1-4H3. The Morgan fingerprint density at radius 2 is 1.00 bits per heavy atom. The van der Waals surface area contributed by atoms with Crippen molar-refractivity contribution < 1.29 is 47.5 Å². The van der Waals surface area contributed by atoms with Crippen molar-refractivity contribution in [3.8, 4) is 23.0 Å². The molecule has 6 rings (SSSR count). The molecule has 2 aliphatic heterocycles. The highest BCUT2D eigenvalue weighted by molar-refractivity contribution is 6.23. The van der Waals surface area contributed by atoms with E-state index in [1.54, 1.807) is 65.2 Å². The van der Waals surface area contributed by atoms with Crippen LogP contribution in [0.3, 0.4) is 0 Å². The summed E-state index contributed by atoms with van der Waals surface area (Å²) < 4.78 is 45.9. The monoisotopic (exact) mass is 634 g/mol. The number of carbonyl (C=O) groups excluding carboxylic acids is 2. The van der Waals surface area contributed by atoms with E-state index in [2.05, 4.69) is 0 Å². The molecule has 0 N–H and O–H groups in total. The SMILES string of the molecule is COc1ccc(C2=COC3CC(OCCOC4CCC5C(=O)C(c6ccc(OC)c(OC)c6)=COC5C4)CCC3C2=O)cc1OC. The normalized spacial score (nSPS) is 27.2. The van der Waals surface area contributed by atoms with Gasteiger partial charge in [-0.05, 0) is 61.1 Å². The molecular weight excluding hydrogens is 592 g/mol. The third kappa shape index (κ3) is 6.46. The van der Waals surface area contributed by atoms with E-state index in [1.807, 2.05) is 12.1 Å². The van der Waals surface area contributed by atoms with Gasteiger partial charge in [-0.2, -0.15) is 0 Å². The highest BCUT2D eigenvalue weighted by Gasteiger charge is 2.42. The van der Waals surface area contributed by atoms with Crippen LogP contribution in [0, 0.1) is 11.8 Å². The molecule has 2 saturated carbocycles. The summed E-state index contributed by atoms with van der Waals surface area (Å²) in [5, 5.41) is 0. The van der Waals surface area contributed by atoms with Gasteiger partial charge in [0.05, 0.1) is 89.4 Å². The quantitative estimate of drug-likeness (QED) is 0.298. The van der Waals surface area contributed by atoms with Crippen molar-refractivity contribution in [2.75, 3.05) is 41.7 Å². The number of hydrogen-bond acceptors (Lipinski definition) is 10. The molecule has 2 heterocycles. The molecule has 0 amide bonds. The first-order valence-electron chi connectivity index (χ1n) is 15.9. The van der Waals surface area contributed by atoms with Crippen molar-refractivity contribution in [1.82, 2.24) is 0 Å². The molecule has 0 aromatic heterocycles. The second-order valence-electron chi connectivity index (χ2n) is 12.1. The second kappa shape index (κ2) is 14.2.